The Morgan fingerprint density at radius 1 is 1.25 bits per heavy atom. The monoisotopic (exact) mass is 324 g/mol. The summed E-state index contributed by atoms with van der Waals surface area (Å²) < 4.78 is 5.34. The van der Waals surface area contributed by atoms with Crippen LogP contribution in [0, 0.1) is 0 Å². The van der Waals surface area contributed by atoms with Gasteiger partial charge >= 0.3 is 0 Å². The number of nitrogens with zero attached hydrogens (tertiary/aromatic N) is 2. The minimum Gasteiger partial charge on any atom is -0.497 e. The summed E-state index contributed by atoms with van der Waals surface area (Å²) in [5.74, 6) is 1.06. The first-order chi connectivity index (χ1) is 11.8. The topological polar surface area (TPSA) is 42.4 Å². The second kappa shape index (κ2) is 7.95. The molecule has 0 N–H and O–H groups in total. The molecule has 0 aliphatic carbocycles. The summed E-state index contributed by atoms with van der Waals surface area (Å²) in [5.41, 5.74) is 2.14. The van der Waals surface area contributed by atoms with E-state index in [9.17, 15) is 4.79 Å². The summed E-state index contributed by atoms with van der Waals surface area (Å²) in [4.78, 5) is 19.1. The molecule has 3 rings (SSSR count). The van der Waals surface area contributed by atoms with Gasteiger partial charge < -0.3 is 9.64 Å². The van der Waals surface area contributed by atoms with Crippen molar-refractivity contribution in [3.63, 3.8) is 0 Å². The van der Waals surface area contributed by atoms with Gasteiger partial charge in [0, 0.05) is 24.9 Å². The Kier molecular flexibility index (Phi) is 5.47. The highest BCUT2D eigenvalue weighted by molar-refractivity contribution is 5.77. The molecular weight excluding hydrogens is 300 g/mol. The van der Waals surface area contributed by atoms with E-state index < -0.39 is 0 Å². The summed E-state index contributed by atoms with van der Waals surface area (Å²) in [6.07, 6.45) is 6.24. The van der Waals surface area contributed by atoms with Crippen LogP contribution in [0.4, 0.5) is 0 Å². The SMILES string of the molecule is COc1cccc([C@H]2CCCCN2C(=O)CCc2ccccn2)c1. The maximum absolute atomic E-state index is 12.8. The van der Waals surface area contributed by atoms with Crippen molar-refractivity contribution >= 4 is 5.91 Å². The molecule has 0 spiro atoms. The highest BCUT2D eigenvalue weighted by atomic mass is 16.5. The molecule has 1 saturated heterocycles. The molecule has 1 atom stereocenters. The molecule has 1 amide bonds. The number of aryl methyl sites for hydroxylation is 1. The zero-order valence-corrected chi connectivity index (χ0v) is 14.1. The molecule has 2 aromatic rings. The number of amides is 1. The lowest BCUT2D eigenvalue weighted by Gasteiger charge is -2.36. The Hall–Kier alpha value is -2.36. The number of benzene rings is 1. The van der Waals surface area contributed by atoms with Crippen LogP contribution in [0.3, 0.4) is 0 Å². The van der Waals surface area contributed by atoms with E-state index in [0.29, 0.717) is 12.8 Å². The quantitative estimate of drug-likeness (QED) is 0.840. The number of hydrogen-bond donors (Lipinski definition) is 0. The Labute approximate surface area is 143 Å². The molecule has 24 heavy (non-hydrogen) atoms. The molecule has 1 fully saturated rings. The Balaban J connectivity index is 1.70. The van der Waals surface area contributed by atoms with Crippen LogP contribution in [0.1, 0.15) is 43.0 Å². The van der Waals surface area contributed by atoms with Gasteiger partial charge in [0.05, 0.1) is 13.2 Å². The Morgan fingerprint density at radius 2 is 2.17 bits per heavy atom. The minimum atomic E-state index is 0.157. The van der Waals surface area contributed by atoms with Crippen LogP contribution >= 0.6 is 0 Å². The van der Waals surface area contributed by atoms with Gasteiger partial charge in [-0.05, 0) is 55.5 Å². The predicted octanol–water partition coefficient (Wildman–Crippen LogP) is 3.78. The van der Waals surface area contributed by atoms with Crippen LogP contribution in [0.2, 0.25) is 0 Å². The van der Waals surface area contributed by atoms with Crippen molar-refractivity contribution in [2.75, 3.05) is 13.7 Å². The van der Waals surface area contributed by atoms with Gasteiger partial charge in [-0.25, -0.2) is 0 Å². The highest BCUT2D eigenvalue weighted by Gasteiger charge is 2.27. The number of rotatable bonds is 5. The average molecular weight is 324 g/mol. The number of carbonyl (C=O) groups is 1. The van der Waals surface area contributed by atoms with E-state index in [4.69, 9.17) is 4.74 Å². The zero-order valence-electron chi connectivity index (χ0n) is 14.1. The maximum atomic E-state index is 12.8. The standard InChI is InChI=1S/C20H24N2O2/c1-24-18-9-6-7-16(15-18)19-10-3-5-14-22(19)20(23)12-11-17-8-2-4-13-21-17/h2,4,6-9,13,15,19H,3,5,10-12,14H2,1H3/t19-/m1/s1. The third kappa shape index (κ3) is 3.94. The van der Waals surface area contributed by atoms with Gasteiger partial charge in [0.1, 0.15) is 5.75 Å². The van der Waals surface area contributed by atoms with Crippen molar-refractivity contribution in [3.05, 3.63) is 59.9 Å². The van der Waals surface area contributed by atoms with Gasteiger partial charge in [-0.3, -0.25) is 9.78 Å². The summed E-state index contributed by atoms with van der Waals surface area (Å²) in [7, 11) is 1.68. The zero-order chi connectivity index (χ0) is 16.8. The fourth-order valence-electron chi connectivity index (χ4n) is 3.35. The largest absolute Gasteiger partial charge is 0.497 e. The molecule has 126 valence electrons. The average Bonchev–Trinajstić information content (AvgIpc) is 2.67. The molecule has 4 nitrogen and oxygen atoms in total. The molecule has 1 aromatic carbocycles. The van der Waals surface area contributed by atoms with Crippen molar-refractivity contribution in [1.29, 1.82) is 0 Å². The van der Waals surface area contributed by atoms with Crippen molar-refractivity contribution in [2.24, 2.45) is 0 Å². The van der Waals surface area contributed by atoms with Gasteiger partial charge in [0.15, 0.2) is 0 Å². The second-order valence-electron chi connectivity index (χ2n) is 6.20. The summed E-state index contributed by atoms with van der Waals surface area (Å²) in [6.45, 7) is 0.836. The second-order valence-corrected chi connectivity index (χ2v) is 6.20. The third-order valence-electron chi connectivity index (χ3n) is 4.62. The molecule has 0 radical (unpaired) electrons. The van der Waals surface area contributed by atoms with E-state index in [0.717, 1.165) is 37.3 Å². The van der Waals surface area contributed by atoms with E-state index in [2.05, 4.69) is 17.1 Å². The van der Waals surface area contributed by atoms with Gasteiger partial charge in [-0.1, -0.05) is 18.2 Å². The number of piperidine rings is 1. The smallest absolute Gasteiger partial charge is 0.223 e. The van der Waals surface area contributed by atoms with Crippen LogP contribution in [-0.4, -0.2) is 29.4 Å². The summed E-state index contributed by atoms with van der Waals surface area (Å²) >= 11 is 0. The normalized spacial score (nSPS) is 17.5. The number of pyridine rings is 1. The minimum absolute atomic E-state index is 0.157. The van der Waals surface area contributed by atoms with E-state index >= 15 is 0 Å². The lowest BCUT2D eigenvalue weighted by molar-refractivity contribution is -0.135. The van der Waals surface area contributed by atoms with E-state index in [1.165, 1.54) is 5.56 Å². The predicted molar refractivity (Wildman–Crippen MR) is 93.9 cm³/mol. The molecule has 0 bridgehead atoms. The first-order valence-electron chi connectivity index (χ1n) is 8.61. The molecular formula is C20H24N2O2. The van der Waals surface area contributed by atoms with Crippen LogP contribution in [0.5, 0.6) is 5.75 Å². The van der Waals surface area contributed by atoms with Crippen LogP contribution in [0.15, 0.2) is 48.7 Å². The van der Waals surface area contributed by atoms with Gasteiger partial charge in [-0.15, -0.1) is 0 Å². The van der Waals surface area contributed by atoms with E-state index in [1.807, 2.05) is 35.2 Å². The number of methoxy groups -OCH3 is 1. The van der Waals surface area contributed by atoms with Gasteiger partial charge in [0.2, 0.25) is 5.91 Å². The molecule has 1 aliphatic rings. The number of carbonyl (C=O) groups excluding carboxylic acids is 1. The third-order valence-corrected chi connectivity index (χ3v) is 4.62. The molecule has 0 saturated carbocycles. The van der Waals surface area contributed by atoms with Crippen molar-refractivity contribution < 1.29 is 9.53 Å². The van der Waals surface area contributed by atoms with Gasteiger partial charge in [-0.2, -0.15) is 0 Å². The number of hydrogen-bond acceptors (Lipinski definition) is 3. The molecule has 1 aliphatic heterocycles. The fourth-order valence-corrected chi connectivity index (χ4v) is 3.35. The Morgan fingerprint density at radius 3 is 2.96 bits per heavy atom. The van der Waals surface area contributed by atoms with Gasteiger partial charge in [0.25, 0.3) is 0 Å². The Bertz CT molecular complexity index is 672. The summed E-state index contributed by atoms with van der Waals surface area (Å²) in [6, 6.07) is 14.1. The van der Waals surface area contributed by atoms with Crippen molar-refractivity contribution in [3.8, 4) is 5.75 Å². The number of aromatic nitrogens is 1. The highest BCUT2D eigenvalue weighted by Crippen LogP contribution is 2.33. The number of ether oxygens (including phenoxy) is 1. The summed E-state index contributed by atoms with van der Waals surface area (Å²) in [5, 5.41) is 0. The van der Waals surface area contributed by atoms with Crippen molar-refractivity contribution in [2.45, 2.75) is 38.1 Å². The fraction of sp³-hybridized carbons (Fsp3) is 0.400. The van der Waals surface area contributed by atoms with Crippen molar-refractivity contribution in [1.82, 2.24) is 9.88 Å². The van der Waals surface area contributed by atoms with E-state index in [1.54, 1.807) is 13.3 Å². The number of likely N-dealkylation sites (tertiary alicyclic amines) is 1. The molecule has 2 heterocycles. The molecule has 4 heteroatoms. The first kappa shape index (κ1) is 16.5. The van der Waals surface area contributed by atoms with E-state index in [-0.39, 0.29) is 11.9 Å². The molecule has 0 unspecified atom stereocenters. The van der Waals surface area contributed by atoms with Crippen LogP contribution in [-0.2, 0) is 11.2 Å². The first-order valence-corrected chi connectivity index (χ1v) is 8.61. The lowest BCUT2D eigenvalue weighted by atomic mass is 9.94. The molecule has 1 aromatic heterocycles. The van der Waals surface area contributed by atoms with Crippen LogP contribution < -0.4 is 4.74 Å². The van der Waals surface area contributed by atoms with Crippen LogP contribution in [0.25, 0.3) is 0 Å². The maximum Gasteiger partial charge on any atom is 0.223 e. The lowest BCUT2D eigenvalue weighted by Crippen LogP contribution is -2.38.